The maximum Gasteiger partial charge on any atom is 0.491 e. The minimum absolute atomic E-state index is 0.0725. The number of halogens is 3. The molecular formula is C29H32F3N3O7. The summed E-state index contributed by atoms with van der Waals surface area (Å²) in [4.78, 5) is 50.3. The molecule has 1 aliphatic heterocycles. The first kappa shape index (κ1) is 32.1. The number of nitrogens with zero attached hydrogens (tertiary/aromatic N) is 1. The third-order valence-electron chi connectivity index (χ3n) is 6.41. The molecule has 2 aromatic rings. The number of carbonyl (C=O) groups is 4. The number of nitrogens with one attached hydrogen (secondary N) is 2. The van der Waals surface area contributed by atoms with Crippen molar-refractivity contribution in [3.05, 3.63) is 58.1 Å². The van der Waals surface area contributed by atoms with Gasteiger partial charge < -0.3 is 24.4 Å². The summed E-state index contributed by atoms with van der Waals surface area (Å²) in [5.74, 6) is -4.29. The summed E-state index contributed by atoms with van der Waals surface area (Å²) in [5, 5.41) is 11.2. The Balaban J connectivity index is 1.81. The molecule has 1 unspecified atom stereocenters. The number of hydrogen-bond acceptors (Lipinski definition) is 8. The van der Waals surface area contributed by atoms with Crippen LogP contribution in [-0.4, -0.2) is 66.8 Å². The number of ketones is 1. The average molecular weight is 592 g/mol. The molecule has 1 atom stereocenters. The summed E-state index contributed by atoms with van der Waals surface area (Å²) in [6.45, 7) is 8.80. The number of fused-ring (bicyclic) bond motifs is 1. The van der Waals surface area contributed by atoms with Gasteiger partial charge in [0.2, 0.25) is 0 Å². The van der Waals surface area contributed by atoms with Gasteiger partial charge in [0.25, 0.3) is 5.91 Å². The van der Waals surface area contributed by atoms with Gasteiger partial charge in [-0.3, -0.25) is 15.0 Å². The van der Waals surface area contributed by atoms with Crippen LogP contribution in [0.2, 0.25) is 0 Å². The molecule has 0 radical (unpaired) electrons. The van der Waals surface area contributed by atoms with Crippen LogP contribution in [0.25, 0.3) is 0 Å². The van der Waals surface area contributed by atoms with Gasteiger partial charge in [-0.15, -0.1) is 0 Å². The van der Waals surface area contributed by atoms with Crippen molar-refractivity contribution in [2.75, 3.05) is 20.2 Å². The Kier molecular flexibility index (Phi) is 9.33. The van der Waals surface area contributed by atoms with Crippen molar-refractivity contribution in [1.29, 1.82) is 5.41 Å². The number of rotatable bonds is 9. The largest absolute Gasteiger partial charge is 0.493 e. The van der Waals surface area contributed by atoms with Crippen molar-refractivity contribution >= 4 is 29.5 Å². The van der Waals surface area contributed by atoms with Crippen molar-refractivity contribution in [3.8, 4) is 11.5 Å². The summed E-state index contributed by atoms with van der Waals surface area (Å²) < 4.78 is 52.4. The lowest BCUT2D eigenvalue weighted by atomic mass is 9.85. The number of alkyl halides is 3. The summed E-state index contributed by atoms with van der Waals surface area (Å²) in [5.41, 5.74) is 1.65. The Hall–Kier alpha value is -4.42. The molecular weight excluding hydrogens is 559 g/mol. The van der Waals surface area contributed by atoms with Crippen LogP contribution in [-0.2, 0) is 26.3 Å². The van der Waals surface area contributed by atoms with Gasteiger partial charge in [0.05, 0.1) is 18.7 Å². The zero-order valence-corrected chi connectivity index (χ0v) is 24.0. The third kappa shape index (κ3) is 7.07. The lowest BCUT2D eigenvalue weighted by molar-refractivity contribution is -0.203. The highest BCUT2D eigenvalue weighted by Crippen LogP contribution is 2.34. The monoisotopic (exact) mass is 591 g/mol. The second-order valence-corrected chi connectivity index (χ2v) is 10.6. The molecule has 3 rings (SSSR count). The molecule has 1 aliphatic rings. The minimum atomic E-state index is -5.33. The van der Waals surface area contributed by atoms with Crippen LogP contribution >= 0.6 is 0 Å². The first-order valence-electron chi connectivity index (χ1n) is 13.0. The number of ether oxygens (including phenoxy) is 3. The van der Waals surface area contributed by atoms with Gasteiger partial charge in [-0.1, -0.05) is 20.8 Å². The van der Waals surface area contributed by atoms with E-state index in [-0.39, 0.29) is 47.5 Å². The highest BCUT2D eigenvalue weighted by Gasteiger charge is 2.43. The van der Waals surface area contributed by atoms with Crippen LogP contribution in [0.4, 0.5) is 13.2 Å². The number of amidine groups is 1. The fourth-order valence-electron chi connectivity index (χ4n) is 4.28. The summed E-state index contributed by atoms with van der Waals surface area (Å²) in [7, 11) is 1.49. The van der Waals surface area contributed by atoms with Gasteiger partial charge >= 0.3 is 18.1 Å². The number of esters is 2. The standard InChI is InChI=1S/C29H32F3N3O7/c1-7-40-23-11-17-13-35(24(33)18(17)12-19(23)25(37)34-6)14-21(36)16-8-9-22(20(10-16)28(3,4)5)41-15(2)26(38)42-27(39)29(30,31)32/h8-12,15,33H,7,13-14H2,1-6H3,(H,34,37). The van der Waals surface area contributed by atoms with Crippen LogP contribution in [0.3, 0.4) is 0 Å². The summed E-state index contributed by atoms with van der Waals surface area (Å²) in [6.07, 6.45) is -6.89. The molecule has 0 aliphatic carbocycles. The number of amides is 1. The van der Waals surface area contributed by atoms with Crippen LogP contribution in [0, 0.1) is 5.41 Å². The molecule has 0 aromatic heterocycles. The van der Waals surface area contributed by atoms with E-state index in [4.69, 9.17) is 14.9 Å². The predicted octanol–water partition coefficient (Wildman–Crippen LogP) is 4.17. The van der Waals surface area contributed by atoms with E-state index >= 15 is 0 Å². The molecule has 0 bridgehead atoms. The zero-order valence-electron chi connectivity index (χ0n) is 24.0. The normalized spacial score (nSPS) is 13.7. The van der Waals surface area contributed by atoms with E-state index in [1.54, 1.807) is 30.0 Å². The van der Waals surface area contributed by atoms with E-state index in [0.717, 1.165) is 12.5 Å². The van der Waals surface area contributed by atoms with Gasteiger partial charge in [0.1, 0.15) is 17.3 Å². The maximum absolute atomic E-state index is 13.3. The zero-order chi connectivity index (χ0) is 31.6. The Labute approximate surface area is 240 Å². The fraction of sp³-hybridized carbons (Fsp3) is 0.414. The van der Waals surface area contributed by atoms with Crippen LogP contribution in [0.1, 0.15) is 72.0 Å². The third-order valence-corrected chi connectivity index (χ3v) is 6.41. The Bertz CT molecular complexity index is 1430. The summed E-state index contributed by atoms with van der Waals surface area (Å²) in [6, 6.07) is 7.68. The highest BCUT2D eigenvalue weighted by molar-refractivity contribution is 6.07. The van der Waals surface area contributed by atoms with Gasteiger partial charge in [0.15, 0.2) is 11.9 Å². The molecule has 0 saturated heterocycles. The second kappa shape index (κ2) is 12.2. The molecule has 226 valence electrons. The molecule has 2 N–H and O–H groups in total. The number of hydrogen-bond donors (Lipinski definition) is 2. The van der Waals surface area contributed by atoms with Crippen molar-refractivity contribution < 1.29 is 46.6 Å². The van der Waals surface area contributed by atoms with E-state index in [2.05, 4.69) is 10.1 Å². The van der Waals surface area contributed by atoms with E-state index in [9.17, 15) is 32.3 Å². The second-order valence-electron chi connectivity index (χ2n) is 10.6. The lowest BCUT2D eigenvalue weighted by Crippen LogP contribution is -2.34. The highest BCUT2D eigenvalue weighted by atomic mass is 19.4. The quantitative estimate of drug-likeness (QED) is 0.252. The Morgan fingerprint density at radius 2 is 1.74 bits per heavy atom. The number of Topliss-reactive ketones (excluding diaryl/α,β-unsaturated/α-hetero) is 1. The van der Waals surface area contributed by atoms with Crippen molar-refractivity contribution in [2.24, 2.45) is 0 Å². The molecule has 2 aromatic carbocycles. The first-order chi connectivity index (χ1) is 19.5. The molecule has 42 heavy (non-hydrogen) atoms. The minimum Gasteiger partial charge on any atom is -0.493 e. The van der Waals surface area contributed by atoms with Crippen LogP contribution < -0.4 is 14.8 Å². The first-order valence-corrected chi connectivity index (χ1v) is 13.0. The Morgan fingerprint density at radius 3 is 2.31 bits per heavy atom. The SMILES string of the molecule is CCOc1cc2c(cc1C(=O)NC)C(=N)N(CC(=O)c1ccc(OC(C)C(=O)OC(=O)C(F)(F)F)c(C(C)(C)C)c1)C2. The number of carbonyl (C=O) groups excluding carboxylic acids is 4. The average Bonchev–Trinajstić information content (AvgIpc) is 3.20. The van der Waals surface area contributed by atoms with Gasteiger partial charge in [0, 0.05) is 30.3 Å². The smallest absolute Gasteiger partial charge is 0.491 e. The topological polar surface area (TPSA) is 135 Å². The van der Waals surface area contributed by atoms with E-state index in [1.165, 1.54) is 19.2 Å². The predicted molar refractivity (Wildman–Crippen MR) is 145 cm³/mol. The molecule has 0 saturated carbocycles. The fourth-order valence-corrected chi connectivity index (χ4v) is 4.28. The van der Waals surface area contributed by atoms with Crippen molar-refractivity contribution in [3.63, 3.8) is 0 Å². The summed E-state index contributed by atoms with van der Waals surface area (Å²) >= 11 is 0. The van der Waals surface area contributed by atoms with E-state index in [0.29, 0.717) is 23.5 Å². The molecule has 1 amide bonds. The van der Waals surface area contributed by atoms with Gasteiger partial charge in [-0.05, 0) is 55.2 Å². The lowest BCUT2D eigenvalue weighted by Gasteiger charge is -2.25. The van der Waals surface area contributed by atoms with Crippen LogP contribution in [0.5, 0.6) is 11.5 Å². The maximum atomic E-state index is 13.3. The van der Waals surface area contributed by atoms with Crippen molar-refractivity contribution in [2.45, 2.75) is 58.9 Å². The Morgan fingerprint density at radius 1 is 1.07 bits per heavy atom. The number of benzene rings is 2. The van der Waals surface area contributed by atoms with Gasteiger partial charge in [-0.2, -0.15) is 13.2 Å². The van der Waals surface area contributed by atoms with Crippen molar-refractivity contribution in [1.82, 2.24) is 10.2 Å². The molecule has 0 spiro atoms. The molecule has 0 fully saturated rings. The van der Waals surface area contributed by atoms with E-state index < -0.39 is 29.6 Å². The van der Waals surface area contributed by atoms with E-state index in [1.807, 2.05) is 20.8 Å². The van der Waals surface area contributed by atoms with Crippen LogP contribution in [0.15, 0.2) is 30.3 Å². The molecule has 10 nitrogen and oxygen atoms in total. The molecule has 13 heteroatoms. The van der Waals surface area contributed by atoms with Gasteiger partial charge in [-0.25, -0.2) is 9.59 Å². The molecule has 1 heterocycles.